The lowest BCUT2D eigenvalue weighted by molar-refractivity contribution is -0.133. The van der Waals surface area contributed by atoms with Crippen LogP contribution in [0.3, 0.4) is 0 Å². The van der Waals surface area contributed by atoms with E-state index in [1.165, 1.54) is 19.2 Å². The van der Waals surface area contributed by atoms with E-state index in [2.05, 4.69) is 10.6 Å². The number of ether oxygens (including phenoxy) is 2. The molecule has 0 saturated carbocycles. The van der Waals surface area contributed by atoms with Crippen LogP contribution in [0.5, 0.6) is 5.75 Å². The van der Waals surface area contributed by atoms with Gasteiger partial charge in [0.15, 0.2) is 6.10 Å². The Labute approximate surface area is 198 Å². The number of amides is 1. The fourth-order valence-electron chi connectivity index (χ4n) is 3.45. The first-order valence-electron chi connectivity index (χ1n) is 10.9. The minimum atomic E-state index is -1.10. The van der Waals surface area contributed by atoms with Gasteiger partial charge in [-0.1, -0.05) is 42.5 Å². The lowest BCUT2D eigenvalue weighted by Crippen LogP contribution is -2.31. The minimum absolute atomic E-state index is 0.0512. The molecule has 3 aromatic rings. The third-order valence-electron chi connectivity index (χ3n) is 5.26. The van der Waals surface area contributed by atoms with Crippen LogP contribution in [-0.4, -0.2) is 25.5 Å². The molecule has 0 aromatic heterocycles. The quantitative estimate of drug-likeness (QED) is 0.252. The Morgan fingerprint density at radius 1 is 1.09 bits per heavy atom. The number of rotatable bonds is 11. The summed E-state index contributed by atoms with van der Waals surface area (Å²) in [5.41, 5.74) is 8.97. The van der Waals surface area contributed by atoms with Gasteiger partial charge in [0.25, 0.3) is 5.91 Å². The molecule has 178 valence electrons. The van der Waals surface area contributed by atoms with E-state index in [1.807, 2.05) is 30.3 Å². The Bertz CT molecular complexity index is 1140. The Hall–Kier alpha value is -3.91. The molecule has 0 radical (unpaired) electrons. The van der Waals surface area contributed by atoms with Gasteiger partial charge in [0.05, 0.1) is 7.11 Å². The Kier molecular flexibility index (Phi) is 8.59. The molecule has 34 heavy (non-hydrogen) atoms. The third-order valence-corrected chi connectivity index (χ3v) is 5.26. The largest absolute Gasteiger partial charge is 0.497 e. The maximum atomic E-state index is 14.6. The zero-order chi connectivity index (χ0) is 24.5. The van der Waals surface area contributed by atoms with Gasteiger partial charge in [0.2, 0.25) is 0 Å². The summed E-state index contributed by atoms with van der Waals surface area (Å²) in [4.78, 5) is 13.0. The van der Waals surface area contributed by atoms with Crippen molar-refractivity contribution in [3.63, 3.8) is 0 Å². The molecule has 8 heteroatoms. The predicted molar refractivity (Wildman–Crippen MR) is 130 cm³/mol. The normalized spacial score (nSPS) is 11.5. The van der Waals surface area contributed by atoms with Crippen LogP contribution in [0.2, 0.25) is 0 Å². The number of hydrogen-bond donors (Lipinski definition) is 4. The third kappa shape index (κ3) is 6.32. The molecule has 0 bridgehead atoms. The average Bonchev–Trinajstić information content (AvgIpc) is 2.85. The van der Waals surface area contributed by atoms with E-state index in [-0.39, 0.29) is 24.6 Å². The summed E-state index contributed by atoms with van der Waals surface area (Å²) in [6.45, 7) is 2.71. The monoisotopic (exact) mass is 464 g/mol. The highest BCUT2D eigenvalue weighted by Crippen LogP contribution is 2.25. The Balaban J connectivity index is 1.77. The van der Waals surface area contributed by atoms with Crippen LogP contribution in [0.4, 0.5) is 10.1 Å². The molecule has 0 aliphatic carbocycles. The second-order valence-corrected chi connectivity index (χ2v) is 7.57. The van der Waals surface area contributed by atoms with Crippen LogP contribution in [0.1, 0.15) is 35.3 Å². The van der Waals surface area contributed by atoms with Crippen LogP contribution in [0.25, 0.3) is 0 Å². The van der Waals surface area contributed by atoms with Gasteiger partial charge >= 0.3 is 0 Å². The summed E-state index contributed by atoms with van der Waals surface area (Å²) >= 11 is 0. The highest BCUT2D eigenvalue weighted by molar-refractivity contribution is 5.96. The van der Waals surface area contributed by atoms with Gasteiger partial charge in [-0.25, -0.2) is 4.39 Å². The number of nitrogens with two attached hydrogens (primary N) is 1. The number of carbonyl (C=O) groups excluding carboxylic acids is 1. The van der Waals surface area contributed by atoms with Gasteiger partial charge < -0.3 is 25.8 Å². The molecule has 0 aliphatic rings. The van der Waals surface area contributed by atoms with E-state index in [1.54, 1.807) is 31.2 Å². The Morgan fingerprint density at radius 3 is 2.50 bits per heavy atom. The van der Waals surface area contributed by atoms with Gasteiger partial charge in [-0.2, -0.15) is 0 Å². The number of carbonyl (C=O) groups is 1. The van der Waals surface area contributed by atoms with Crippen molar-refractivity contribution in [2.75, 3.05) is 19.0 Å². The van der Waals surface area contributed by atoms with Crippen LogP contribution in [0.15, 0.2) is 66.7 Å². The molecule has 0 heterocycles. The fourth-order valence-corrected chi connectivity index (χ4v) is 3.45. The van der Waals surface area contributed by atoms with Gasteiger partial charge in [0.1, 0.15) is 17.4 Å². The van der Waals surface area contributed by atoms with Crippen molar-refractivity contribution in [3.05, 3.63) is 94.8 Å². The molecule has 3 aromatic carbocycles. The lowest BCUT2D eigenvalue weighted by Gasteiger charge is -2.19. The van der Waals surface area contributed by atoms with Crippen molar-refractivity contribution in [1.82, 2.24) is 5.32 Å². The predicted octanol–water partition coefficient (Wildman–Crippen LogP) is 4.12. The zero-order valence-corrected chi connectivity index (χ0v) is 19.2. The maximum absolute atomic E-state index is 14.6. The van der Waals surface area contributed by atoms with Gasteiger partial charge in [-0.15, -0.1) is 0 Å². The molecule has 1 atom stereocenters. The number of halogens is 1. The first-order valence-corrected chi connectivity index (χ1v) is 10.9. The number of nitrogen functional groups attached to an aromatic ring is 1. The van der Waals surface area contributed by atoms with Crippen LogP contribution in [0, 0.1) is 11.2 Å². The smallest absolute Gasteiger partial charge is 0.254 e. The summed E-state index contributed by atoms with van der Waals surface area (Å²) in [6, 6.07) is 19.4. The molecule has 0 unspecified atom stereocenters. The van der Waals surface area contributed by atoms with E-state index in [9.17, 15) is 9.18 Å². The molecule has 5 N–H and O–H groups in total. The molecule has 3 rings (SSSR count). The molecule has 0 spiro atoms. The van der Waals surface area contributed by atoms with Crippen LogP contribution >= 0.6 is 0 Å². The number of nitrogens with one attached hydrogen (secondary N) is 3. The van der Waals surface area contributed by atoms with E-state index in [4.69, 9.17) is 20.6 Å². The summed E-state index contributed by atoms with van der Waals surface area (Å²) in [5.74, 6) is -0.735. The molecular formula is C26H29FN4O3. The fraction of sp³-hybridized carbons (Fsp3) is 0.231. The van der Waals surface area contributed by atoms with Gasteiger partial charge in [-0.3, -0.25) is 10.2 Å². The van der Waals surface area contributed by atoms with Crippen molar-refractivity contribution in [2.24, 2.45) is 5.73 Å². The molecule has 0 fully saturated rings. The van der Waals surface area contributed by atoms with Gasteiger partial charge in [0, 0.05) is 42.6 Å². The van der Waals surface area contributed by atoms with Crippen molar-refractivity contribution in [1.29, 1.82) is 5.41 Å². The summed E-state index contributed by atoms with van der Waals surface area (Å²) in [5, 5.41) is 13.9. The second kappa shape index (κ2) is 11.8. The van der Waals surface area contributed by atoms with Crippen molar-refractivity contribution >= 4 is 17.4 Å². The van der Waals surface area contributed by atoms with Crippen LogP contribution < -0.4 is 21.1 Å². The van der Waals surface area contributed by atoms with Crippen molar-refractivity contribution in [3.8, 4) is 5.75 Å². The zero-order valence-electron chi connectivity index (χ0n) is 19.2. The molecule has 0 saturated heterocycles. The summed E-state index contributed by atoms with van der Waals surface area (Å²) in [6.07, 6.45) is -1.10. The molecular weight excluding hydrogens is 435 g/mol. The number of amidine groups is 1. The highest BCUT2D eigenvalue weighted by atomic mass is 19.1. The standard InChI is InChI=1S/C26H29FN4O3/c1-3-34-24(21-12-11-20(33-2)14-22(21)27)26(32)31-16-19-10-9-18(25(28)29)13-23(19)30-15-17-7-5-4-6-8-17/h4-14,24,30H,3,15-16H2,1-2H3,(H3,28,29)(H,31,32)/t24-/m1/s1. The number of methoxy groups -OCH3 is 1. The average molecular weight is 465 g/mol. The number of hydrogen-bond acceptors (Lipinski definition) is 5. The highest BCUT2D eigenvalue weighted by Gasteiger charge is 2.24. The molecule has 7 nitrogen and oxygen atoms in total. The number of benzene rings is 3. The minimum Gasteiger partial charge on any atom is -0.497 e. The lowest BCUT2D eigenvalue weighted by atomic mass is 10.1. The topological polar surface area (TPSA) is 109 Å². The molecule has 0 aliphatic heterocycles. The second-order valence-electron chi connectivity index (χ2n) is 7.57. The first kappa shape index (κ1) is 24.7. The van der Waals surface area contributed by atoms with E-state index in [0.717, 1.165) is 16.8 Å². The number of anilines is 1. The summed E-state index contributed by atoms with van der Waals surface area (Å²) < 4.78 is 25.2. The van der Waals surface area contributed by atoms with Crippen LogP contribution in [-0.2, 0) is 22.6 Å². The summed E-state index contributed by atoms with van der Waals surface area (Å²) in [7, 11) is 1.45. The first-order chi connectivity index (χ1) is 16.4. The van der Waals surface area contributed by atoms with Crippen molar-refractivity contribution < 1.29 is 18.7 Å². The van der Waals surface area contributed by atoms with E-state index < -0.39 is 17.8 Å². The molecule has 1 amide bonds. The van der Waals surface area contributed by atoms with Gasteiger partial charge in [-0.05, 0) is 36.2 Å². The van der Waals surface area contributed by atoms with E-state index >= 15 is 0 Å². The Morgan fingerprint density at radius 2 is 1.85 bits per heavy atom. The van der Waals surface area contributed by atoms with E-state index in [0.29, 0.717) is 17.9 Å². The van der Waals surface area contributed by atoms with Crippen molar-refractivity contribution in [2.45, 2.75) is 26.1 Å². The SMILES string of the molecule is CCO[C@@H](C(=O)NCc1ccc(C(=N)N)cc1NCc1ccccc1)c1ccc(OC)cc1F. The maximum Gasteiger partial charge on any atom is 0.254 e.